The highest BCUT2D eigenvalue weighted by Crippen LogP contribution is 2.59. The highest BCUT2D eigenvalue weighted by Gasteiger charge is 2.75. The van der Waals surface area contributed by atoms with E-state index in [0.717, 1.165) is 0 Å². The lowest BCUT2D eigenvalue weighted by molar-refractivity contribution is -0.325. The van der Waals surface area contributed by atoms with Crippen LogP contribution in [0.15, 0.2) is 12.1 Å². The van der Waals surface area contributed by atoms with E-state index in [4.69, 9.17) is 23.7 Å². The first-order valence-electron chi connectivity index (χ1n) is 21.9. The summed E-state index contributed by atoms with van der Waals surface area (Å²) in [6, 6.07) is 2.79. The highest BCUT2D eigenvalue weighted by molar-refractivity contribution is 6.20. The maximum atomic E-state index is 14.8. The lowest BCUT2D eigenvalue weighted by Gasteiger charge is -2.61. The second-order valence-electron chi connectivity index (χ2n) is 19.5. The summed E-state index contributed by atoms with van der Waals surface area (Å²) in [6.45, 7) is 6.33. The average molecular weight is 863 g/mol. The number of aromatic hydroxyl groups is 1. The molecular weight excluding hydrogens is 800 g/mol. The summed E-state index contributed by atoms with van der Waals surface area (Å²) in [4.78, 5) is 43.9. The molecule has 4 heterocycles. The van der Waals surface area contributed by atoms with E-state index >= 15 is 0 Å². The molecule has 17 heteroatoms. The zero-order valence-corrected chi connectivity index (χ0v) is 35.0. The summed E-state index contributed by atoms with van der Waals surface area (Å²) in [7, 11) is 0. The molecule has 1 aromatic carbocycles. The van der Waals surface area contributed by atoms with Crippen LogP contribution in [0.1, 0.15) is 131 Å². The maximum Gasteiger partial charge on any atom is 0.173 e. The number of aliphatic hydroxyl groups excluding tert-OH is 6. The fourth-order valence-corrected chi connectivity index (χ4v) is 12.0. The van der Waals surface area contributed by atoms with E-state index in [0.29, 0.717) is 25.7 Å². The third-order valence-corrected chi connectivity index (χ3v) is 15.0. The SMILES string of the molecule is C[C@@H]1O[C@@H](O[C@]23C(=O)C[C@](C)(O)C[C@@]2(O)C[C@@H](O)C2C(=O)c4c(ccc([C@H]5C[C@@H](C[C@H]6CC[C@H](C[C@H]7C[C@@H](O)[C@H](O)[C@@H](C)O7)[C@H](O)O6)[C@H](O)[C@@H](C)O5)c4O)C(=O)C23)CC[C@@H]1O. The van der Waals surface area contributed by atoms with Crippen LogP contribution < -0.4 is 0 Å². The number of carbonyl (C=O) groups excluding carboxylic acids is 3. The van der Waals surface area contributed by atoms with Gasteiger partial charge in [-0.1, -0.05) is 12.1 Å². The largest absolute Gasteiger partial charge is 0.507 e. The summed E-state index contributed by atoms with van der Waals surface area (Å²) in [5, 5.41) is 99.9. The minimum atomic E-state index is -2.43. The first-order valence-corrected chi connectivity index (χ1v) is 21.9. The van der Waals surface area contributed by atoms with E-state index in [2.05, 4.69) is 0 Å². The molecule has 0 amide bonds. The van der Waals surface area contributed by atoms with E-state index in [1.54, 1.807) is 20.8 Å². The van der Waals surface area contributed by atoms with Crippen molar-refractivity contribution in [1.29, 1.82) is 0 Å². The minimum absolute atomic E-state index is 0.0900. The molecule has 340 valence electrons. The van der Waals surface area contributed by atoms with E-state index < -0.39 is 151 Å². The van der Waals surface area contributed by atoms with Crippen molar-refractivity contribution in [2.45, 2.75) is 195 Å². The molecule has 0 spiro atoms. The standard InChI is InChI=1S/C44H62O17/c1-18-27(45)9-10-32(59-18)61-44-31(48)16-42(4,55)17-43(44,56)15-29(47)34-35(44)39(52)26-8-7-25(38(51)33(26)40(34)53)30-13-22(36(49)19(2)58-30)12-23-6-5-21(41(54)60-23)11-24-14-28(46)37(50)20(3)57-24/h7-8,18-24,27-30,32,34-37,41,45-47,49-51,54-56H,5-6,9-17H2,1-4H3/t18-,19+,20+,21+,22+,23+,24-,27-,28+,29+,30+,32-,34?,35?,36+,37+,41+,42-,43-,44-/m0/s1. The van der Waals surface area contributed by atoms with Gasteiger partial charge in [-0.3, -0.25) is 14.4 Å². The van der Waals surface area contributed by atoms with Gasteiger partial charge in [-0.2, -0.15) is 0 Å². The molecule has 0 aromatic heterocycles. The number of hydrogen-bond donors (Lipinski definition) is 9. The van der Waals surface area contributed by atoms with Gasteiger partial charge in [-0.25, -0.2) is 0 Å². The molecule has 20 atom stereocenters. The molecular formula is C44H62O17. The Hall–Kier alpha value is -2.49. The Bertz CT molecular complexity index is 1840. The zero-order valence-electron chi connectivity index (χ0n) is 35.0. The number of phenolic OH excluding ortho intramolecular Hbond substituents is 1. The van der Waals surface area contributed by atoms with Crippen LogP contribution in [0, 0.1) is 23.7 Å². The second kappa shape index (κ2) is 16.5. The van der Waals surface area contributed by atoms with Crippen LogP contribution in [-0.4, -0.2) is 154 Å². The Labute approximate surface area is 353 Å². The quantitative estimate of drug-likeness (QED) is 0.184. The van der Waals surface area contributed by atoms with Crippen molar-refractivity contribution in [2.75, 3.05) is 0 Å². The van der Waals surface area contributed by atoms with E-state index in [1.807, 2.05) is 0 Å². The number of ether oxygens (including phenoxy) is 5. The monoisotopic (exact) mass is 862 g/mol. The van der Waals surface area contributed by atoms with Gasteiger partial charge >= 0.3 is 0 Å². The fraction of sp³-hybridized carbons (Fsp3) is 0.795. The molecule has 1 aromatic rings. The smallest absolute Gasteiger partial charge is 0.173 e. The molecule has 6 fully saturated rings. The van der Waals surface area contributed by atoms with Gasteiger partial charge in [0.15, 0.2) is 35.5 Å². The first kappa shape index (κ1) is 45.1. The predicted molar refractivity (Wildman–Crippen MR) is 209 cm³/mol. The summed E-state index contributed by atoms with van der Waals surface area (Å²) in [6.07, 6.45) is -10.2. The number of hydrogen-bond acceptors (Lipinski definition) is 17. The van der Waals surface area contributed by atoms with Gasteiger partial charge in [0.05, 0.1) is 84.0 Å². The van der Waals surface area contributed by atoms with Gasteiger partial charge in [0.25, 0.3) is 0 Å². The van der Waals surface area contributed by atoms with Crippen molar-refractivity contribution < 1.29 is 84.0 Å². The molecule has 3 aliphatic carbocycles. The third kappa shape index (κ3) is 7.82. The molecule has 0 bridgehead atoms. The number of phenols is 1. The van der Waals surface area contributed by atoms with Gasteiger partial charge in [0, 0.05) is 49.1 Å². The Kier molecular flexibility index (Phi) is 12.2. The topological polar surface area (TPSA) is 279 Å². The molecule has 7 aliphatic rings. The Balaban J connectivity index is 1.03. The first-order chi connectivity index (χ1) is 28.6. The normalized spacial score (nSPS) is 49.2. The lowest BCUT2D eigenvalue weighted by atomic mass is 9.48. The van der Waals surface area contributed by atoms with Crippen molar-refractivity contribution in [2.24, 2.45) is 23.7 Å². The number of benzene rings is 1. The maximum absolute atomic E-state index is 14.8. The summed E-state index contributed by atoms with van der Waals surface area (Å²) in [5.74, 6) is -7.15. The Morgan fingerprint density at radius 3 is 2.13 bits per heavy atom. The van der Waals surface area contributed by atoms with Crippen LogP contribution >= 0.6 is 0 Å². The van der Waals surface area contributed by atoms with Gasteiger partial charge < -0.3 is 69.6 Å². The number of carbonyl (C=O) groups is 3. The summed E-state index contributed by atoms with van der Waals surface area (Å²) >= 11 is 0. The summed E-state index contributed by atoms with van der Waals surface area (Å²) < 4.78 is 30.4. The van der Waals surface area contributed by atoms with Gasteiger partial charge in [-0.15, -0.1) is 0 Å². The average Bonchev–Trinajstić information content (AvgIpc) is 3.17. The minimum Gasteiger partial charge on any atom is -0.507 e. The highest BCUT2D eigenvalue weighted by atomic mass is 16.7. The zero-order chi connectivity index (χ0) is 44.1. The summed E-state index contributed by atoms with van der Waals surface area (Å²) in [5.41, 5.74) is -6.93. The molecule has 8 rings (SSSR count). The molecule has 2 unspecified atom stereocenters. The molecule has 4 aliphatic heterocycles. The van der Waals surface area contributed by atoms with Crippen molar-refractivity contribution in [1.82, 2.24) is 0 Å². The van der Waals surface area contributed by atoms with Crippen molar-refractivity contribution >= 4 is 17.3 Å². The second-order valence-corrected chi connectivity index (χ2v) is 19.5. The third-order valence-electron chi connectivity index (χ3n) is 15.0. The van der Waals surface area contributed by atoms with Gasteiger partial charge in [-0.05, 0) is 72.1 Å². The number of aliphatic hydroxyl groups is 8. The number of rotatable bonds is 7. The van der Waals surface area contributed by atoms with Crippen LogP contribution in [0.3, 0.4) is 0 Å². The van der Waals surface area contributed by atoms with Gasteiger partial charge in [0.2, 0.25) is 0 Å². The molecule has 9 N–H and O–H groups in total. The number of Topliss-reactive ketones (excluding diaryl/α,β-unsaturated/α-hetero) is 3. The number of ketones is 3. The van der Waals surface area contributed by atoms with Crippen LogP contribution in [0.2, 0.25) is 0 Å². The predicted octanol–water partition coefficient (Wildman–Crippen LogP) is 0.875. The van der Waals surface area contributed by atoms with E-state index in [1.165, 1.54) is 19.1 Å². The molecule has 61 heavy (non-hydrogen) atoms. The Morgan fingerprint density at radius 2 is 1.44 bits per heavy atom. The molecule has 0 radical (unpaired) electrons. The number of fused-ring (bicyclic) bond motifs is 4. The van der Waals surface area contributed by atoms with E-state index in [-0.39, 0.29) is 54.4 Å². The molecule has 17 nitrogen and oxygen atoms in total. The van der Waals surface area contributed by atoms with Crippen LogP contribution in [0.4, 0.5) is 0 Å². The molecule has 2 saturated carbocycles. The molecule has 4 saturated heterocycles. The van der Waals surface area contributed by atoms with Gasteiger partial charge in [0.1, 0.15) is 17.5 Å². The fourth-order valence-electron chi connectivity index (χ4n) is 12.0. The van der Waals surface area contributed by atoms with Crippen molar-refractivity contribution in [3.8, 4) is 5.75 Å². The van der Waals surface area contributed by atoms with Crippen molar-refractivity contribution in [3.63, 3.8) is 0 Å². The van der Waals surface area contributed by atoms with Crippen molar-refractivity contribution in [3.05, 3.63) is 28.8 Å². The lowest BCUT2D eigenvalue weighted by Crippen LogP contribution is -2.78. The van der Waals surface area contributed by atoms with Crippen LogP contribution in [0.5, 0.6) is 5.75 Å². The van der Waals surface area contributed by atoms with Crippen LogP contribution in [-0.2, 0) is 28.5 Å². The van der Waals surface area contributed by atoms with Crippen LogP contribution in [0.25, 0.3) is 0 Å². The van der Waals surface area contributed by atoms with E-state index in [9.17, 15) is 60.3 Å². The Morgan fingerprint density at radius 1 is 0.738 bits per heavy atom.